The SMILES string of the molecule is CC1(CNCc2cc(Cl)ccc2F)COC1. The maximum absolute atomic E-state index is 13.4. The highest BCUT2D eigenvalue weighted by Gasteiger charge is 2.32. The van der Waals surface area contributed by atoms with Gasteiger partial charge in [-0.3, -0.25) is 0 Å². The van der Waals surface area contributed by atoms with E-state index < -0.39 is 0 Å². The van der Waals surface area contributed by atoms with Crippen LogP contribution in [0.15, 0.2) is 18.2 Å². The quantitative estimate of drug-likeness (QED) is 0.878. The van der Waals surface area contributed by atoms with Crippen LogP contribution in [0, 0.1) is 11.2 Å². The number of rotatable bonds is 4. The number of hydrogen-bond donors (Lipinski definition) is 1. The van der Waals surface area contributed by atoms with Gasteiger partial charge in [0.2, 0.25) is 0 Å². The second kappa shape index (κ2) is 4.70. The first-order chi connectivity index (χ1) is 7.59. The molecule has 4 heteroatoms. The first-order valence-electron chi connectivity index (χ1n) is 5.31. The highest BCUT2D eigenvalue weighted by atomic mass is 35.5. The van der Waals surface area contributed by atoms with Gasteiger partial charge in [-0.1, -0.05) is 18.5 Å². The van der Waals surface area contributed by atoms with Crippen molar-refractivity contribution in [2.45, 2.75) is 13.5 Å². The number of ether oxygens (including phenoxy) is 1. The van der Waals surface area contributed by atoms with E-state index in [1.165, 1.54) is 6.07 Å². The zero-order valence-electron chi connectivity index (χ0n) is 9.22. The van der Waals surface area contributed by atoms with Gasteiger partial charge in [0, 0.05) is 29.1 Å². The first-order valence-corrected chi connectivity index (χ1v) is 5.69. The van der Waals surface area contributed by atoms with E-state index in [9.17, 15) is 4.39 Å². The Hall–Kier alpha value is -0.640. The molecule has 0 saturated carbocycles. The summed E-state index contributed by atoms with van der Waals surface area (Å²) < 4.78 is 18.5. The van der Waals surface area contributed by atoms with Gasteiger partial charge in [0.1, 0.15) is 5.82 Å². The van der Waals surface area contributed by atoms with Crippen molar-refractivity contribution < 1.29 is 9.13 Å². The third-order valence-corrected chi connectivity index (χ3v) is 3.01. The lowest BCUT2D eigenvalue weighted by atomic mass is 9.89. The third-order valence-electron chi connectivity index (χ3n) is 2.78. The van der Waals surface area contributed by atoms with Gasteiger partial charge in [-0.2, -0.15) is 0 Å². The Morgan fingerprint density at radius 3 is 2.88 bits per heavy atom. The Labute approximate surface area is 99.7 Å². The second-order valence-electron chi connectivity index (χ2n) is 4.64. The summed E-state index contributed by atoms with van der Waals surface area (Å²) in [6, 6.07) is 4.61. The standard InChI is InChI=1S/C12H15ClFNO/c1-12(7-16-8-12)6-15-5-9-4-10(13)2-3-11(9)14/h2-4,15H,5-8H2,1H3. The minimum Gasteiger partial charge on any atom is -0.380 e. The van der Waals surface area contributed by atoms with Crippen LogP contribution in [0.3, 0.4) is 0 Å². The molecule has 88 valence electrons. The molecule has 16 heavy (non-hydrogen) atoms. The van der Waals surface area contributed by atoms with Crippen molar-refractivity contribution in [1.82, 2.24) is 5.32 Å². The van der Waals surface area contributed by atoms with E-state index in [-0.39, 0.29) is 11.2 Å². The van der Waals surface area contributed by atoms with Crippen LogP contribution in [0.4, 0.5) is 4.39 Å². The average molecular weight is 244 g/mol. The predicted molar refractivity (Wildman–Crippen MR) is 62.0 cm³/mol. The first kappa shape index (κ1) is 11.8. The summed E-state index contributed by atoms with van der Waals surface area (Å²) >= 11 is 5.81. The van der Waals surface area contributed by atoms with Gasteiger partial charge in [-0.15, -0.1) is 0 Å². The Morgan fingerprint density at radius 2 is 2.25 bits per heavy atom. The molecule has 1 aliphatic heterocycles. The van der Waals surface area contributed by atoms with Crippen molar-refractivity contribution in [1.29, 1.82) is 0 Å². The minimum atomic E-state index is -0.216. The number of benzene rings is 1. The van der Waals surface area contributed by atoms with Gasteiger partial charge in [-0.05, 0) is 18.2 Å². The van der Waals surface area contributed by atoms with Crippen LogP contribution in [-0.4, -0.2) is 19.8 Å². The molecule has 1 fully saturated rings. The third kappa shape index (κ3) is 2.73. The minimum absolute atomic E-state index is 0.203. The molecule has 1 N–H and O–H groups in total. The monoisotopic (exact) mass is 243 g/mol. The lowest BCUT2D eigenvalue weighted by Gasteiger charge is -2.38. The topological polar surface area (TPSA) is 21.3 Å². The van der Waals surface area contributed by atoms with E-state index in [0.717, 1.165) is 19.8 Å². The van der Waals surface area contributed by atoms with Gasteiger partial charge in [0.15, 0.2) is 0 Å². The number of hydrogen-bond acceptors (Lipinski definition) is 2. The van der Waals surface area contributed by atoms with E-state index in [2.05, 4.69) is 12.2 Å². The van der Waals surface area contributed by atoms with Gasteiger partial charge in [-0.25, -0.2) is 4.39 Å². The fourth-order valence-electron chi connectivity index (χ4n) is 1.73. The van der Waals surface area contributed by atoms with Crippen molar-refractivity contribution in [3.63, 3.8) is 0 Å². The number of halogens is 2. The van der Waals surface area contributed by atoms with Gasteiger partial charge >= 0.3 is 0 Å². The van der Waals surface area contributed by atoms with Gasteiger partial charge in [0.05, 0.1) is 13.2 Å². The second-order valence-corrected chi connectivity index (χ2v) is 5.08. The van der Waals surface area contributed by atoms with Crippen molar-refractivity contribution in [2.24, 2.45) is 5.41 Å². The fraction of sp³-hybridized carbons (Fsp3) is 0.500. The van der Waals surface area contributed by atoms with E-state index in [1.807, 2.05) is 0 Å². The van der Waals surface area contributed by atoms with E-state index in [0.29, 0.717) is 17.1 Å². The molecule has 0 atom stereocenters. The normalized spacial score (nSPS) is 18.2. The molecule has 1 saturated heterocycles. The molecule has 0 unspecified atom stereocenters. The molecule has 0 aliphatic carbocycles. The summed E-state index contributed by atoms with van der Waals surface area (Å²) in [6.07, 6.45) is 0. The summed E-state index contributed by atoms with van der Waals surface area (Å²) in [5, 5.41) is 3.80. The van der Waals surface area contributed by atoms with Crippen molar-refractivity contribution in [3.05, 3.63) is 34.6 Å². The summed E-state index contributed by atoms with van der Waals surface area (Å²) in [4.78, 5) is 0. The molecule has 0 spiro atoms. The van der Waals surface area contributed by atoms with Gasteiger partial charge < -0.3 is 10.1 Å². The lowest BCUT2D eigenvalue weighted by Crippen LogP contribution is -2.47. The van der Waals surface area contributed by atoms with E-state index in [4.69, 9.17) is 16.3 Å². The van der Waals surface area contributed by atoms with Crippen molar-refractivity contribution >= 4 is 11.6 Å². The maximum Gasteiger partial charge on any atom is 0.127 e. The summed E-state index contributed by atoms with van der Waals surface area (Å²) in [5.74, 6) is -0.216. The molecule has 1 aromatic rings. The Morgan fingerprint density at radius 1 is 1.50 bits per heavy atom. The van der Waals surface area contributed by atoms with Crippen LogP contribution in [0.2, 0.25) is 5.02 Å². The zero-order chi connectivity index (χ0) is 11.6. The maximum atomic E-state index is 13.4. The number of nitrogens with one attached hydrogen (secondary N) is 1. The van der Waals surface area contributed by atoms with Crippen molar-refractivity contribution in [2.75, 3.05) is 19.8 Å². The Bertz CT molecular complexity index is 379. The highest BCUT2D eigenvalue weighted by molar-refractivity contribution is 6.30. The lowest BCUT2D eigenvalue weighted by molar-refractivity contribution is -0.0991. The smallest absolute Gasteiger partial charge is 0.127 e. The van der Waals surface area contributed by atoms with Crippen LogP contribution < -0.4 is 5.32 Å². The Kier molecular flexibility index (Phi) is 3.47. The molecule has 1 heterocycles. The average Bonchev–Trinajstić information content (AvgIpc) is 2.21. The van der Waals surface area contributed by atoms with Crippen LogP contribution >= 0.6 is 11.6 Å². The highest BCUT2D eigenvalue weighted by Crippen LogP contribution is 2.25. The Balaban J connectivity index is 1.87. The molecule has 2 rings (SSSR count). The largest absolute Gasteiger partial charge is 0.380 e. The van der Waals surface area contributed by atoms with Gasteiger partial charge in [0.25, 0.3) is 0 Å². The van der Waals surface area contributed by atoms with Crippen LogP contribution in [0.25, 0.3) is 0 Å². The van der Waals surface area contributed by atoms with Crippen LogP contribution in [-0.2, 0) is 11.3 Å². The predicted octanol–water partition coefficient (Wildman–Crippen LogP) is 2.61. The molecule has 2 nitrogen and oxygen atoms in total. The summed E-state index contributed by atoms with van der Waals surface area (Å²) in [6.45, 7) is 5.04. The molecule has 0 aromatic heterocycles. The fourth-order valence-corrected chi connectivity index (χ4v) is 1.93. The zero-order valence-corrected chi connectivity index (χ0v) is 9.98. The van der Waals surface area contributed by atoms with Crippen LogP contribution in [0.1, 0.15) is 12.5 Å². The molecular formula is C12H15ClFNO. The molecular weight excluding hydrogens is 229 g/mol. The summed E-state index contributed by atoms with van der Waals surface area (Å²) in [7, 11) is 0. The molecule has 0 bridgehead atoms. The van der Waals surface area contributed by atoms with E-state index >= 15 is 0 Å². The molecule has 0 amide bonds. The van der Waals surface area contributed by atoms with Crippen molar-refractivity contribution in [3.8, 4) is 0 Å². The van der Waals surface area contributed by atoms with Crippen LogP contribution in [0.5, 0.6) is 0 Å². The van der Waals surface area contributed by atoms with E-state index in [1.54, 1.807) is 12.1 Å². The summed E-state index contributed by atoms with van der Waals surface area (Å²) in [5.41, 5.74) is 0.811. The molecule has 0 radical (unpaired) electrons. The molecule has 1 aromatic carbocycles. The molecule has 1 aliphatic rings.